The zero-order valence-electron chi connectivity index (χ0n) is 14.8. The maximum absolute atomic E-state index is 12.1. The van der Waals surface area contributed by atoms with Crippen molar-refractivity contribution in [3.8, 4) is 10.4 Å². The summed E-state index contributed by atoms with van der Waals surface area (Å²) in [5.41, 5.74) is 2.18. The fourth-order valence-electron chi connectivity index (χ4n) is 2.45. The average Bonchev–Trinajstić information content (AvgIpc) is 3.12. The van der Waals surface area contributed by atoms with Gasteiger partial charge in [-0.3, -0.25) is 0 Å². The number of esters is 1. The third-order valence-electron chi connectivity index (χ3n) is 3.81. The topological polar surface area (TPSA) is 87.7 Å². The first-order valence-electron chi connectivity index (χ1n) is 8.17. The molecule has 6 nitrogen and oxygen atoms in total. The van der Waals surface area contributed by atoms with Gasteiger partial charge in [-0.05, 0) is 48.1 Å². The van der Waals surface area contributed by atoms with Crippen molar-refractivity contribution < 1.29 is 19.4 Å². The van der Waals surface area contributed by atoms with Gasteiger partial charge in [0.2, 0.25) is 0 Å². The number of anilines is 2. The van der Waals surface area contributed by atoms with Crippen molar-refractivity contribution in [1.82, 2.24) is 0 Å². The van der Waals surface area contributed by atoms with Crippen molar-refractivity contribution >= 4 is 51.3 Å². The Balaban J connectivity index is 1.80. The van der Waals surface area contributed by atoms with Crippen LogP contribution in [0.5, 0.6) is 0 Å². The van der Waals surface area contributed by atoms with Crippen molar-refractivity contribution in [2.75, 3.05) is 17.7 Å². The first kappa shape index (κ1) is 19.5. The van der Waals surface area contributed by atoms with Crippen molar-refractivity contribution in [2.24, 2.45) is 0 Å². The number of hydrogen-bond acceptors (Lipinski definition) is 5. The van der Waals surface area contributed by atoms with Crippen molar-refractivity contribution in [3.05, 3.63) is 71.8 Å². The van der Waals surface area contributed by atoms with Gasteiger partial charge in [0, 0.05) is 10.6 Å². The molecule has 0 bridgehead atoms. The van der Waals surface area contributed by atoms with Crippen LogP contribution in [-0.2, 0) is 4.74 Å². The number of thiocarbonyl (C=S) groups is 1. The van der Waals surface area contributed by atoms with E-state index in [1.54, 1.807) is 18.2 Å². The molecule has 142 valence electrons. The lowest BCUT2D eigenvalue weighted by atomic mass is 10.1. The smallest absolute Gasteiger partial charge is 0.340 e. The number of thiophene rings is 1. The van der Waals surface area contributed by atoms with Gasteiger partial charge in [-0.25, -0.2) is 9.59 Å². The van der Waals surface area contributed by atoms with E-state index in [1.807, 2.05) is 30.3 Å². The zero-order valence-corrected chi connectivity index (χ0v) is 16.4. The van der Waals surface area contributed by atoms with Gasteiger partial charge in [0.15, 0.2) is 5.11 Å². The minimum Gasteiger partial charge on any atom is -0.478 e. The van der Waals surface area contributed by atoms with E-state index in [1.165, 1.54) is 30.6 Å². The second-order valence-corrected chi connectivity index (χ2v) is 7.13. The molecular formula is C20H16N2O4S2. The minimum absolute atomic E-state index is 0.183. The fourth-order valence-corrected chi connectivity index (χ4v) is 3.79. The summed E-state index contributed by atoms with van der Waals surface area (Å²) in [6.07, 6.45) is 0. The number of benzene rings is 2. The van der Waals surface area contributed by atoms with E-state index in [9.17, 15) is 9.59 Å². The average molecular weight is 412 g/mol. The van der Waals surface area contributed by atoms with Gasteiger partial charge in [0.05, 0.1) is 18.2 Å². The van der Waals surface area contributed by atoms with E-state index in [-0.39, 0.29) is 10.7 Å². The highest BCUT2D eigenvalue weighted by Gasteiger charge is 2.18. The Morgan fingerprint density at radius 3 is 2.32 bits per heavy atom. The molecule has 1 heterocycles. The minimum atomic E-state index is -0.998. The van der Waals surface area contributed by atoms with Gasteiger partial charge in [-0.1, -0.05) is 30.3 Å². The van der Waals surface area contributed by atoms with E-state index < -0.39 is 11.9 Å². The molecule has 3 aromatic rings. The van der Waals surface area contributed by atoms with Gasteiger partial charge >= 0.3 is 11.9 Å². The maximum Gasteiger partial charge on any atom is 0.340 e. The number of carbonyl (C=O) groups is 2. The van der Waals surface area contributed by atoms with E-state index in [2.05, 4.69) is 10.6 Å². The van der Waals surface area contributed by atoms with Gasteiger partial charge in [0.1, 0.15) is 5.00 Å². The summed E-state index contributed by atoms with van der Waals surface area (Å²) in [5.74, 6) is -1.46. The second-order valence-electron chi connectivity index (χ2n) is 5.67. The first-order chi connectivity index (χ1) is 13.5. The molecule has 0 aliphatic heterocycles. The van der Waals surface area contributed by atoms with Crippen LogP contribution in [-0.4, -0.2) is 29.3 Å². The summed E-state index contributed by atoms with van der Waals surface area (Å²) in [7, 11) is 1.33. The van der Waals surface area contributed by atoms with E-state index in [4.69, 9.17) is 22.1 Å². The van der Waals surface area contributed by atoms with Crippen LogP contribution in [0.3, 0.4) is 0 Å². The molecule has 3 N–H and O–H groups in total. The molecule has 0 amide bonds. The Labute approximate surface area is 170 Å². The molecule has 0 fully saturated rings. The number of aromatic carboxylic acids is 1. The lowest BCUT2D eigenvalue weighted by molar-refractivity contribution is 0.0601. The Morgan fingerprint density at radius 2 is 1.71 bits per heavy atom. The van der Waals surface area contributed by atoms with Crippen LogP contribution in [0.15, 0.2) is 60.7 Å². The molecule has 0 atom stereocenters. The fraction of sp³-hybridized carbons (Fsp3) is 0.0500. The third-order valence-corrected chi connectivity index (χ3v) is 5.12. The van der Waals surface area contributed by atoms with Crippen molar-refractivity contribution in [1.29, 1.82) is 0 Å². The molecule has 0 saturated heterocycles. The molecule has 0 saturated carbocycles. The van der Waals surface area contributed by atoms with E-state index >= 15 is 0 Å². The zero-order chi connectivity index (χ0) is 20.1. The molecule has 2 aromatic carbocycles. The molecular weight excluding hydrogens is 396 g/mol. The SMILES string of the molecule is COC(=O)c1cc(-c2ccccc2)sc1NC(=S)Nc1ccc(C(=O)O)cc1. The van der Waals surface area contributed by atoms with E-state index in [0.717, 1.165) is 10.4 Å². The number of ether oxygens (including phenoxy) is 1. The van der Waals surface area contributed by atoms with Crippen LogP contribution in [0.1, 0.15) is 20.7 Å². The number of carboxylic acids is 1. The molecule has 0 aliphatic rings. The summed E-state index contributed by atoms with van der Waals surface area (Å²) >= 11 is 6.71. The first-order valence-corrected chi connectivity index (χ1v) is 9.39. The molecule has 28 heavy (non-hydrogen) atoms. The van der Waals surface area contributed by atoms with Crippen molar-refractivity contribution in [2.45, 2.75) is 0 Å². The molecule has 0 aliphatic carbocycles. The largest absolute Gasteiger partial charge is 0.478 e. The van der Waals surface area contributed by atoms with Gasteiger partial charge in [-0.2, -0.15) is 0 Å². The molecule has 8 heteroatoms. The number of rotatable bonds is 5. The highest BCUT2D eigenvalue weighted by Crippen LogP contribution is 2.36. The quantitative estimate of drug-likeness (QED) is 0.413. The Morgan fingerprint density at radius 1 is 1.04 bits per heavy atom. The number of nitrogens with one attached hydrogen (secondary N) is 2. The molecule has 0 radical (unpaired) electrons. The molecule has 1 aromatic heterocycles. The Bertz CT molecular complexity index is 1010. The predicted octanol–water partition coefficient (Wildman–Crippen LogP) is 4.71. The summed E-state index contributed by atoms with van der Waals surface area (Å²) in [6.45, 7) is 0. The molecule has 0 unspecified atom stereocenters. The number of methoxy groups -OCH3 is 1. The van der Waals surface area contributed by atoms with Crippen molar-refractivity contribution in [3.63, 3.8) is 0 Å². The van der Waals surface area contributed by atoms with Crippen LogP contribution in [0, 0.1) is 0 Å². The van der Waals surface area contributed by atoms with Crippen LogP contribution < -0.4 is 10.6 Å². The van der Waals surface area contributed by atoms with Crippen LogP contribution in [0.2, 0.25) is 0 Å². The van der Waals surface area contributed by atoms with Gasteiger partial charge in [0.25, 0.3) is 0 Å². The third kappa shape index (κ3) is 4.54. The lowest BCUT2D eigenvalue weighted by Gasteiger charge is -2.10. The van der Waals surface area contributed by atoms with Gasteiger partial charge < -0.3 is 20.5 Å². The summed E-state index contributed by atoms with van der Waals surface area (Å²) < 4.78 is 4.87. The number of carboxylic acid groups (broad SMARTS) is 1. The summed E-state index contributed by atoms with van der Waals surface area (Å²) in [6, 6.07) is 17.6. The van der Waals surface area contributed by atoms with Crippen LogP contribution in [0.25, 0.3) is 10.4 Å². The Hall–Kier alpha value is -3.23. The second kappa shape index (κ2) is 8.64. The normalized spacial score (nSPS) is 10.2. The highest BCUT2D eigenvalue weighted by molar-refractivity contribution is 7.80. The molecule has 3 rings (SSSR count). The van der Waals surface area contributed by atoms with Crippen LogP contribution >= 0.6 is 23.6 Å². The monoisotopic (exact) mass is 412 g/mol. The summed E-state index contributed by atoms with van der Waals surface area (Å²) in [5, 5.41) is 15.8. The summed E-state index contributed by atoms with van der Waals surface area (Å²) in [4.78, 5) is 24.0. The highest BCUT2D eigenvalue weighted by atomic mass is 32.1. The molecule has 0 spiro atoms. The Kier molecular flexibility index (Phi) is 6.03. The predicted molar refractivity (Wildman–Crippen MR) is 114 cm³/mol. The van der Waals surface area contributed by atoms with Crippen LogP contribution in [0.4, 0.5) is 10.7 Å². The van der Waals surface area contributed by atoms with E-state index in [0.29, 0.717) is 16.3 Å². The van der Waals surface area contributed by atoms with Gasteiger partial charge in [-0.15, -0.1) is 11.3 Å². The maximum atomic E-state index is 12.1. The number of hydrogen-bond donors (Lipinski definition) is 3. The standard InChI is InChI=1S/C20H16N2O4S2/c1-26-19(25)15-11-16(12-5-3-2-4-6-12)28-17(15)22-20(27)21-14-9-7-13(8-10-14)18(23)24/h2-11H,1H3,(H,23,24)(H2,21,22,27). The number of carbonyl (C=O) groups excluding carboxylic acids is 1. The lowest BCUT2D eigenvalue weighted by Crippen LogP contribution is -2.19.